The third-order valence-corrected chi connectivity index (χ3v) is 6.06. The maximum Gasteiger partial charge on any atom is 0.248 e. The maximum atomic E-state index is 12.3. The molecule has 2 aromatic rings. The molecule has 6 nitrogen and oxygen atoms in total. The molecule has 1 unspecified atom stereocenters. The molecule has 1 saturated heterocycles. The van der Waals surface area contributed by atoms with E-state index < -0.39 is 10.0 Å². The molecule has 0 bridgehead atoms. The molecule has 0 spiro atoms. The first-order valence-electron chi connectivity index (χ1n) is 8.89. The highest BCUT2D eigenvalue weighted by Gasteiger charge is 2.20. The fourth-order valence-corrected chi connectivity index (χ4v) is 4.03. The van der Waals surface area contributed by atoms with Crippen molar-refractivity contribution in [2.75, 3.05) is 18.5 Å². The Kier molecular flexibility index (Phi) is 6.85. The number of hydrogen-bond acceptors (Lipinski definition) is 4. The van der Waals surface area contributed by atoms with Crippen LogP contribution in [-0.2, 0) is 19.6 Å². The van der Waals surface area contributed by atoms with Crippen LogP contribution in [0.25, 0.3) is 6.08 Å². The number of anilines is 1. The van der Waals surface area contributed by atoms with Crippen molar-refractivity contribution in [3.63, 3.8) is 0 Å². The molecule has 1 atom stereocenters. The molecule has 1 amide bonds. The SMILES string of the molecule is O=C(/C=C/c1ccccc1Cl)Nc1ccc(S(=O)(=O)NCC2CCCO2)cc1. The number of sulfonamides is 1. The van der Waals surface area contributed by atoms with Gasteiger partial charge >= 0.3 is 0 Å². The Morgan fingerprint density at radius 2 is 1.93 bits per heavy atom. The number of rotatable bonds is 7. The first-order valence-corrected chi connectivity index (χ1v) is 10.7. The second-order valence-corrected chi connectivity index (χ2v) is 8.53. The van der Waals surface area contributed by atoms with Crippen molar-refractivity contribution >= 4 is 39.3 Å². The Morgan fingerprint density at radius 1 is 1.18 bits per heavy atom. The first-order chi connectivity index (χ1) is 13.4. The van der Waals surface area contributed by atoms with Crippen molar-refractivity contribution in [3.05, 3.63) is 65.2 Å². The molecule has 1 fully saturated rings. The highest BCUT2D eigenvalue weighted by atomic mass is 35.5. The van der Waals surface area contributed by atoms with Gasteiger partial charge in [-0.25, -0.2) is 13.1 Å². The molecule has 148 valence electrons. The summed E-state index contributed by atoms with van der Waals surface area (Å²) in [6.07, 6.45) is 4.72. The van der Waals surface area contributed by atoms with Crippen molar-refractivity contribution in [2.24, 2.45) is 0 Å². The van der Waals surface area contributed by atoms with Crippen LogP contribution in [0.5, 0.6) is 0 Å². The van der Waals surface area contributed by atoms with Gasteiger partial charge in [0.1, 0.15) is 0 Å². The average molecular weight is 421 g/mol. The number of amides is 1. The smallest absolute Gasteiger partial charge is 0.248 e. The van der Waals surface area contributed by atoms with Gasteiger partial charge in [0.2, 0.25) is 15.9 Å². The lowest BCUT2D eigenvalue weighted by atomic mass is 10.2. The lowest BCUT2D eigenvalue weighted by Gasteiger charge is -2.11. The predicted molar refractivity (Wildman–Crippen MR) is 110 cm³/mol. The topological polar surface area (TPSA) is 84.5 Å². The van der Waals surface area contributed by atoms with Crippen LogP contribution in [0, 0.1) is 0 Å². The van der Waals surface area contributed by atoms with Crippen molar-refractivity contribution in [2.45, 2.75) is 23.8 Å². The summed E-state index contributed by atoms with van der Waals surface area (Å²) in [6.45, 7) is 0.930. The highest BCUT2D eigenvalue weighted by molar-refractivity contribution is 7.89. The molecule has 8 heteroatoms. The van der Waals surface area contributed by atoms with Crippen molar-refractivity contribution in [3.8, 4) is 0 Å². The second-order valence-electron chi connectivity index (χ2n) is 6.36. The fraction of sp³-hybridized carbons (Fsp3) is 0.250. The minimum absolute atomic E-state index is 0.0711. The summed E-state index contributed by atoms with van der Waals surface area (Å²) in [5.74, 6) is -0.341. The van der Waals surface area contributed by atoms with E-state index >= 15 is 0 Å². The number of benzene rings is 2. The largest absolute Gasteiger partial charge is 0.377 e. The third kappa shape index (κ3) is 5.65. The Labute approximate surface area is 169 Å². The number of halogens is 1. The summed E-state index contributed by atoms with van der Waals surface area (Å²) in [5.41, 5.74) is 1.23. The van der Waals surface area contributed by atoms with Gasteiger partial charge in [0.25, 0.3) is 0 Å². The van der Waals surface area contributed by atoms with E-state index in [9.17, 15) is 13.2 Å². The number of ether oxygens (including phenoxy) is 1. The molecular formula is C20H21ClN2O4S. The van der Waals surface area contributed by atoms with Gasteiger partial charge in [0.15, 0.2) is 0 Å². The van der Waals surface area contributed by atoms with E-state index in [2.05, 4.69) is 10.0 Å². The van der Waals surface area contributed by atoms with Crippen molar-refractivity contribution in [1.29, 1.82) is 0 Å². The van der Waals surface area contributed by atoms with Crippen molar-refractivity contribution < 1.29 is 17.9 Å². The summed E-state index contributed by atoms with van der Waals surface area (Å²) >= 11 is 6.04. The fourth-order valence-electron chi connectivity index (χ4n) is 2.77. The summed E-state index contributed by atoms with van der Waals surface area (Å²) in [4.78, 5) is 12.2. The third-order valence-electron chi connectivity index (χ3n) is 4.28. The van der Waals surface area contributed by atoms with Crippen LogP contribution in [0.15, 0.2) is 59.5 Å². The van der Waals surface area contributed by atoms with Crippen LogP contribution in [0.3, 0.4) is 0 Å². The summed E-state index contributed by atoms with van der Waals surface area (Å²) in [7, 11) is -3.62. The lowest BCUT2D eigenvalue weighted by molar-refractivity contribution is -0.111. The minimum Gasteiger partial charge on any atom is -0.377 e. The number of carbonyl (C=O) groups excluding carboxylic acids is 1. The van der Waals surface area contributed by atoms with Gasteiger partial charge in [-0.1, -0.05) is 29.8 Å². The Hall–Kier alpha value is -2.19. The maximum absolute atomic E-state index is 12.3. The Morgan fingerprint density at radius 3 is 2.61 bits per heavy atom. The van der Waals surface area contributed by atoms with Gasteiger partial charge in [-0.15, -0.1) is 0 Å². The number of carbonyl (C=O) groups is 1. The lowest BCUT2D eigenvalue weighted by Crippen LogP contribution is -2.31. The molecule has 0 radical (unpaired) electrons. The first kappa shape index (κ1) is 20.5. The van der Waals surface area contributed by atoms with Crippen LogP contribution in [-0.4, -0.2) is 33.6 Å². The standard InChI is InChI=1S/C20H21ClN2O4S/c21-19-6-2-1-4-15(19)7-12-20(24)23-16-8-10-18(11-9-16)28(25,26)22-14-17-5-3-13-27-17/h1-2,4,6-12,17,22H,3,5,13-14H2,(H,23,24)/b12-7+. The molecule has 0 aliphatic carbocycles. The molecule has 3 rings (SSSR count). The predicted octanol–water partition coefficient (Wildman–Crippen LogP) is 3.45. The zero-order valence-corrected chi connectivity index (χ0v) is 16.7. The Bertz CT molecular complexity index is 952. The van der Waals surface area contributed by atoms with Crippen LogP contribution in [0.1, 0.15) is 18.4 Å². The van der Waals surface area contributed by atoms with E-state index in [0.717, 1.165) is 18.4 Å². The summed E-state index contributed by atoms with van der Waals surface area (Å²) < 4.78 is 32.6. The molecule has 0 saturated carbocycles. The molecule has 2 N–H and O–H groups in total. The van der Waals surface area contributed by atoms with Crippen LogP contribution < -0.4 is 10.0 Å². The minimum atomic E-state index is -3.62. The molecule has 2 aromatic carbocycles. The van der Waals surface area contributed by atoms with Crippen LogP contribution in [0.2, 0.25) is 5.02 Å². The molecular weight excluding hydrogens is 400 g/mol. The van der Waals surface area contributed by atoms with Gasteiger partial charge in [-0.2, -0.15) is 0 Å². The monoisotopic (exact) mass is 420 g/mol. The van der Waals surface area contributed by atoms with E-state index in [4.69, 9.17) is 16.3 Å². The van der Waals surface area contributed by atoms with Crippen LogP contribution in [0.4, 0.5) is 5.69 Å². The summed E-state index contributed by atoms with van der Waals surface area (Å²) in [6, 6.07) is 13.2. The van der Waals surface area contributed by atoms with E-state index in [-0.39, 0.29) is 23.5 Å². The van der Waals surface area contributed by atoms with Gasteiger partial charge in [0.05, 0.1) is 11.0 Å². The average Bonchev–Trinajstić information content (AvgIpc) is 3.20. The highest BCUT2D eigenvalue weighted by Crippen LogP contribution is 2.18. The Balaban J connectivity index is 1.57. The van der Waals surface area contributed by atoms with E-state index in [0.29, 0.717) is 17.3 Å². The van der Waals surface area contributed by atoms with Crippen molar-refractivity contribution in [1.82, 2.24) is 4.72 Å². The zero-order valence-electron chi connectivity index (χ0n) is 15.1. The number of hydrogen-bond donors (Lipinski definition) is 2. The quantitative estimate of drug-likeness (QED) is 0.672. The number of nitrogens with one attached hydrogen (secondary N) is 2. The molecule has 1 heterocycles. The zero-order chi connectivity index (χ0) is 20.0. The van der Waals surface area contributed by atoms with E-state index in [1.54, 1.807) is 30.3 Å². The van der Waals surface area contributed by atoms with Gasteiger partial charge in [0, 0.05) is 29.9 Å². The van der Waals surface area contributed by atoms with E-state index in [1.165, 1.54) is 18.2 Å². The van der Waals surface area contributed by atoms with E-state index in [1.807, 2.05) is 12.1 Å². The van der Waals surface area contributed by atoms with Gasteiger partial charge in [-0.3, -0.25) is 4.79 Å². The second kappa shape index (κ2) is 9.34. The normalized spacial score (nSPS) is 17.1. The van der Waals surface area contributed by atoms with Crippen LogP contribution >= 0.6 is 11.6 Å². The summed E-state index contributed by atoms with van der Waals surface area (Å²) in [5, 5.41) is 3.24. The molecule has 1 aliphatic heterocycles. The molecule has 28 heavy (non-hydrogen) atoms. The van der Waals surface area contributed by atoms with Gasteiger partial charge in [-0.05, 0) is 54.8 Å². The molecule has 0 aromatic heterocycles. The molecule has 1 aliphatic rings. The van der Waals surface area contributed by atoms with Gasteiger partial charge < -0.3 is 10.1 Å².